The van der Waals surface area contributed by atoms with E-state index < -0.39 is 0 Å². The number of nitrogens with zero attached hydrogens (tertiary/aromatic N) is 1. The van der Waals surface area contributed by atoms with Gasteiger partial charge in [0.25, 0.3) is 5.91 Å². The number of anilines is 1. The van der Waals surface area contributed by atoms with Crippen LogP contribution >= 0.6 is 0 Å². The maximum atomic E-state index is 11.9. The van der Waals surface area contributed by atoms with Crippen molar-refractivity contribution in [1.82, 2.24) is 10.2 Å². The predicted molar refractivity (Wildman–Crippen MR) is 77.4 cm³/mol. The zero-order valence-corrected chi connectivity index (χ0v) is 11.5. The van der Waals surface area contributed by atoms with E-state index in [0.717, 1.165) is 6.54 Å². The van der Waals surface area contributed by atoms with Crippen LogP contribution in [0, 0.1) is 0 Å². The molecule has 0 aromatic heterocycles. The van der Waals surface area contributed by atoms with Crippen LogP contribution in [-0.2, 0) is 0 Å². The third kappa shape index (κ3) is 5.01. The van der Waals surface area contributed by atoms with Crippen LogP contribution in [0.4, 0.5) is 5.69 Å². The van der Waals surface area contributed by atoms with Crippen molar-refractivity contribution in [3.05, 3.63) is 36.4 Å². The van der Waals surface area contributed by atoms with E-state index in [4.69, 9.17) is 10.5 Å². The fourth-order valence-corrected chi connectivity index (χ4v) is 1.44. The molecule has 0 spiro atoms. The van der Waals surface area contributed by atoms with Crippen LogP contribution in [0.3, 0.4) is 0 Å². The highest BCUT2D eigenvalue weighted by atomic mass is 16.5. The number of hydrogen-bond donors (Lipinski definition) is 2. The van der Waals surface area contributed by atoms with Crippen LogP contribution in [0.2, 0.25) is 0 Å². The molecule has 3 N–H and O–H groups in total. The molecular formula is C14H21N3O2. The molecule has 1 amide bonds. The molecule has 0 saturated heterocycles. The number of carbonyl (C=O) groups is 1. The lowest BCUT2D eigenvalue weighted by Gasteiger charge is -2.12. The number of hydrogen-bond acceptors (Lipinski definition) is 4. The van der Waals surface area contributed by atoms with E-state index >= 15 is 0 Å². The molecule has 0 fully saturated rings. The molecule has 0 radical (unpaired) electrons. The van der Waals surface area contributed by atoms with Crippen molar-refractivity contribution in [2.24, 2.45) is 0 Å². The van der Waals surface area contributed by atoms with Gasteiger partial charge in [-0.3, -0.25) is 4.79 Å². The van der Waals surface area contributed by atoms with Gasteiger partial charge in [-0.25, -0.2) is 0 Å². The number of nitrogens with one attached hydrogen (secondary N) is 1. The Kier molecular flexibility index (Phi) is 5.89. The zero-order chi connectivity index (χ0) is 14.3. The summed E-state index contributed by atoms with van der Waals surface area (Å²) in [6, 6.07) is 4.99. The van der Waals surface area contributed by atoms with Gasteiger partial charge in [-0.2, -0.15) is 0 Å². The molecule has 0 aliphatic rings. The lowest BCUT2D eigenvalue weighted by molar-refractivity contribution is 0.0950. The van der Waals surface area contributed by atoms with Gasteiger partial charge < -0.3 is 20.7 Å². The molecule has 1 aromatic rings. The van der Waals surface area contributed by atoms with Gasteiger partial charge in [0, 0.05) is 18.7 Å². The number of nitrogens with two attached hydrogens (primary N) is 1. The Balaban J connectivity index is 2.66. The highest BCUT2D eigenvalue weighted by Crippen LogP contribution is 2.22. The van der Waals surface area contributed by atoms with E-state index in [1.54, 1.807) is 24.3 Å². The number of ether oxygens (including phenoxy) is 1. The molecule has 0 saturated carbocycles. The smallest absolute Gasteiger partial charge is 0.251 e. The summed E-state index contributed by atoms with van der Waals surface area (Å²) < 4.78 is 5.39. The predicted octanol–water partition coefficient (Wildman–Crippen LogP) is 1.12. The minimum Gasteiger partial charge on any atom is -0.487 e. The zero-order valence-electron chi connectivity index (χ0n) is 11.5. The minimum absolute atomic E-state index is 0.134. The maximum Gasteiger partial charge on any atom is 0.251 e. The third-order valence-corrected chi connectivity index (χ3v) is 2.48. The van der Waals surface area contributed by atoms with Crippen molar-refractivity contribution in [3.63, 3.8) is 0 Å². The van der Waals surface area contributed by atoms with E-state index in [1.807, 2.05) is 19.0 Å². The topological polar surface area (TPSA) is 67.6 Å². The molecule has 0 unspecified atom stereocenters. The van der Waals surface area contributed by atoms with Crippen molar-refractivity contribution in [2.45, 2.75) is 0 Å². The van der Waals surface area contributed by atoms with E-state index in [9.17, 15) is 4.79 Å². The van der Waals surface area contributed by atoms with Gasteiger partial charge in [-0.15, -0.1) is 0 Å². The molecule has 19 heavy (non-hydrogen) atoms. The van der Waals surface area contributed by atoms with Crippen LogP contribution in [0.1, 0.15) is 10.4 Å². The first-order valence-corrected chi connectivity index (χ1v) is 6.10. The first kappa shape index (κ1) is 15.0. The van der Waals surface area contributed by atoms with Gasteiger partial charge in [0.2, 0.25) is 0 Å². The summed E-state index contributed by atoms with van der Waals surface area (Å²) in [7, 11) is 3.91. The van der Waals surface area contributed by atoms with Crippen LogP contribution in [0.5, 0.6) is 5.75 Å². The normalized spacial score (nSPS) is 10.3. The Hall–Kier alpha value is -2.01. The molecule has 1 aromatic carbocycles. The molecule has 5 nitrogen and oxygen atoms in total. The summed E-state index contributed by atoms with van der Waals surface area (Å²) in [5, 5.41) is 2.84. The summed E-state index contributed by atoms with van der Waals surface area (Å²) in [6.45, 7) is 5.32. The quantitative estimate of drug-likeness (QED) is 0.571. The van der Waals surface area contributed by atoms with Crippen molar-refractivity contribution in [3.8, 4) is 5.75 Å². The lowest BCUT2D eigenvalue weighted by Crippen LogP contribution is -2.31. The van der Waals surface area contributed by atoms with Crippen molar-refractivity contribution in [1.29, 1.82) is 0 Å². The number of benzene rings is 1. The summed E-state index contributed by atoms with van der Waals surface area (Å²) in [5.74, 6) is 0.366. The van der Waals surface area contributed by atoms with Crippen LogP contribution in [0.15, 0.2) is 30.9 Å². The van der Waals surface area contributed by atoms with Crippen LogP contribution in [-0.4, -0.2) is 44.6 Å². The Morgan fingerprint density at radius 3 is 2.89 bits per heavy atom. The van der Waals surface area contributed by atoms with Crippen molar-refractivity contribution < 1.29 is 9.53 Å². The second kappa shape index (κ2) is 7.43. The summed E-state index contributed by atoms with van der Waals surface area (Å²) in [5.41, 5.74) is 6.81. The SMILES string of the molecule is C=CCOc1cc(C(=O)NCCN(C)C)ccc1N. The van der Waals surface area contributed by atoms with Gasteiger partial charge in [-0.1, -0.05) is 12.7 Å². The average molecular weight is 263 g/mol. The third-order valence-electron chi connectivity index (χ3n) is 2.48. The number of nitrogen functional groups attached to an aromatic ring is 1. The summed E-state index contributed by atoms with van der Waals surface area (Å²) in [4.78, 5) is 13.9. The average Bonchev–Trinajstić information content (AvgIpc) is 2.37. The van der Waals surface area contributed by atoms with Crippen LogP contribution in [0.25, 0.3) is 0 Å². The standard InChI is InChI=1S/C14H21N3O2/c1-4-9-19-13-10-11(5-6-12(13)15)14(18)16-7-8-17(2)3/h4-6,10H,1,7-9,15H2,2-3H3,(H,16,18). The summed E-state index contributed by atoms with van der Waals surface area (Å²) >= 11 is 0. The van der Waals surface area contributed by atoms with E-state index in [0.29, 0.717) is 30.2 Å². The van der Waals surface area contributed by atoms with Gasteiger partial charge in [-0.05, 0) is 32.3 Å². The van der Waals surface area contributed by atoms with E-state index in [2.05, 4.69) is 11.9 Å². The summed E-state index contributed by atoms with van der Waals surface area (Å²) in [6.07, 6.45) is 1.63. The Labute approximate surface area is 114 Å². The van der Waals surface area contributed by atoms with Crippen LogP contribution < -0.4 is 15.8 Å². The minimum atomic E-state index is -0.134. The second-order valence-electron chi connectivity index (χ2n) is 4.41. The molecule has 0 aliphatic heterocycles. The molecule has 1 rings (SSSR count). The number of likely N-dealkylation sites (N-methyl/N-ethyl adjacent to an activating group) is 1. The van der Waals surface area contributed by atoms with Gasteiger partial charge in [0.05, 0.1) is 5.69 Å². The molecule has 0 aliphatic carbocycles. The fourth-order valence-electron chi connectivity index (χ4n) is 1.44. The first-order valence-electron chi connectivity index (χ1n) is 6.10. The highest BCUT2D eigenvalue weighted by Gasteiger charge is 2.08. The Bertz CT molecular complexity index is 444. The van der Waals surface area contributed by atoms with Gasteiger partial charge >= 0.3 is 0 Å². The number of amides is 1. The molecule has 0 heterocycles. The van der Waals surface area contributed by atoms with E-state index in [1.165, 1.54) is 0 Å². The Morgan fingerprint density at radius 1 is 1.53 bits per heavy atom. The monoisotopic (exact) mass is 263 g/mol. The first-order chi connectivity index (χ1) is 9.04. The molecule has 0 atom stereocenters. The van der Waals surface area contributed by atoms with Gasteiger partial charge in [0.15, 0.2) is 0 Å². The molecule has 5 heteroatoms. The largest absolute Gasteiger partial charge is 0.487 e. The highest BCUT2D eigenvalue weighted by molar-refractivity contribution is 5.95. The van der Waals surface area contributed by atoms with Gasteiger partial charge in [0.1, 0.15) is 12.4 Å². The van der Waals surface area contributed by atoms with E-state index in [-0.39, 0.29) is 5.91 Å². The lowest BCUT2D eigenvalue weighted by atomic mass is 10.2. The molecule has 0 bridgehead atoms. The van der Waals surface area contributed by atoms with Crippen molar-refractivity contribution in [2.75, 3.05) is 39.5 Å². The number of rotatable bonds is 7. The molecule has 104 valence electrons. The fraction of sp³-hybridized carbons (Fsp3) is 0.357. The Morgan fingerprint density at radius 2 is 2.26 bits per heavy atom. The number of carbonyl (C=O) groups excluding carboxylic acids is 1. The second-order valence-corrected chi connectivity index (χ2v) is 4.41. The maximum absolute atomic E-state index is 11.9. The molecular weight excluding hydrogens is 242 g/mol. The van der Waals surface area contributed by atoms with Crippen molar-refractivity contribution >= 4 is 11.6 Å².